The first-order chi connectivity index (χ1) is 8.99. The average molecular weight is 271 g/mol. The molecule has 3 nitrogen and oxygen atoms in total. The van der Waals surface area contributed by atoms with E-state index in [2.05, 4.69) is 0 Å². The number of aliphatic hydroxyl groups excluding tert-OH is 1. The van der Waals surface area contributed by atoms with Gasteiger partial charge in [-0.25, -0.2) is 8.78 Å². The van der Waals surface area contributed by atoms with Gasteiger partial charge in [0.05, 0.1) is 24.4 Å². The number of hydrogen-bond donors (Lipinski definition) is 2. The van der Waals surface area contributed by atoms with Crippen LogP contribution < -0.4 is 5.73 Å². The minimum absolute atomic E-state index is 0.0831. The third-order valence-corrected chi connectivity index (χ3v) is 3.86. The number of ether oxygens (including phenoxy) is 1. The molecule has 19 heavy (non-hydrogen) atoms. The lowest BCUT2D eigenvalue weighted by Crippen LogP contribution is -2.56. The zero-order valence-electron chi connectivity index (χ0n) is 10.9. The molecule has 1 aromatic carbocycles. The van der Waals surface area contributed by atoms with Crippen LogP contribution in [0, 0.1) is 11.7 Å². The van der Waals surface area contributed by atoms with E-state index in [0.717, 1.165) is 0 Å². The monoisotopic (exact) mass is 271 g/mol. The number of aliphatic hydroxyl groups is 1. The SMILES string of the molecule is C[C@@H]1C[C@@H](O)[C@@H]([C@@](N)(CF)c2ccccc2F)CO1. The molecule has 0 amide bonds. The van der Waals surface area contributed by atoms with Crippen LogP contribution in [0.5, 0.6) is 0 Å². The predicted octanol–water partition coefficient (Wildman–Crippen LogP) is 1.74. The van der Waals surface area contributed by atoms with Gasteiger partial charge in [-0.1, -0.05) is 18.2 Å². The zero-order valence-corrected chi connectivity index (χ0v) is 10.9. The molecule has 0 saturated carbocycles. The summed E-state index contributed by atoms with van der Waals surface area (Å²) >= 11 is 0. The summed E-state index contributed by atoms with van der Waals surface area (Å²) in [5.41, 5.74) is 4.59. The van der Waals surface area contributed by atoms with E-state index in [0.29, 0.717) is 6.42 Å². The lowest BCUT2D eigenvalue weighted by atomic mass is 9.74. The Morgan fingerprint density at radius 3 is 2.74 bits per heavy atom. The van der Waals surface area contributed by atoms with Crippen molar-refractivity contribution in [3.8, 4) is 0 Å². The molecule has 5 heteroatoms. The number of hydrogen-bond acceptors (Lipinski definition) is 3. The molecule has 0 radical (unpaired) electrons. The standard InChI is InChI=1S/C14H19F2NO2/c1-9-6-13(18)11(7-19-9)14(17,8-15)10-4-2-3-5-12(10)16/h2-5,9,11,13,18H,6-8,17H2,1H3/t9-,11+,13-,14-/m1/s1. The quantitative estimate of drug-likeness (QED) is 0.880. The number of alkyl halides is 1. The Hall–Kier alpha value is -1.04. The molecule has 0 bridgehead atoms. The fraction of sp³-hybridized carbons (Fsp3) is 0.571. The van der Waals surface area contributed by atoms with Gasteiger partial charge in [0.1, 0.15) is 12.5 Å². The molecule has 2 rings (SSSR count). The van der Waals surface area contributed by atoms with Gasteiger partial charge in [-0.2, -0.15) is 0 Å². The number of benzene rings is 1. The highest BCUT2D eigenvalue weighted by Gasteiger charge is 2.45. The van der Waals surface area contributed by atoms with E-state index < -0.39 is 30.1 Å². The molecule has 1 aromatic rings. The van der Waals surface area contributed by atoms with Gasteiger partial charge in [0.15, 0.2) is 0 Å². The van der Waals surface area contributed by atoms with Crippen molar-refractivity contribution in [1.82, 2.24) is 0 Å². The first-order valence-corrected chi connectivity index (χ1v) is 6.38. The third kappa shape index (κ3) is 2.63. The van der Waals surface area contributed by atoms with E-state index in [1.807, 2.05) is 6.92 Å². The van der Waals surface area contributed by atoms with E-state index in [-0.39, 0.29) is 18.3 Å². The van der Waals surface area contributed by atoms with Crippen molar-refractivity contribution in [3.63, 3.8) is 0 Å². The summed E-state index contributed by atoms with van der Waals surface area (Å²) in [5.74, 6) is -1.22. The van der Waals surface area contributed by atoms with Crippen LogP contribution >= 0.6 is 0 Å². The van der Waals surface area contributed by atoms with Crippen molar-refractivity contribution < 1.29 is 18.6 Å². The number of halogens is 2. The number of rotatable bonds is 3. The molecule has 0 aliphatic carbocycles. The van der Waals surface area contributed by atoms with Gasteiger partial charge in [-0.3, -0.25) is 0 Å². The van der Waals surface area contributed by atoms with Gasteiger partial charge < -0.3 is 15.6 Å². The maximum Gasteiger partial charge on any atom is 0.128 e. The maximum atomic E-state index is 13.9. The second-order valence-corrected chi connectivity index (χ2v) is 5.21. The van der Waals surface area contributed by atoms with Crippen molar-refractivity contribution in [2.24, 2.45) is 11.7 Å². The number of nitrogens with two attached hydrogens (primary N) is 1. The molecular formula is C14H19F2NO2. The molecule has 0 spiro atoms. The molecule has 1 fully saturated rings. The lowest BCUT2D eigenvalue weighted by Gasteiger charge is -2.42. The van der Waals surface area contributed by atoms with Crippen LogP contribution in [0.4, 0.5) is 8.78 Å². The molecule has 0 unspecified atom stereocenters. The van der Waals surface area contributed by atoms with Crippen LogP contribution in [0.15, 0.2) is 24.3 Å². The van der Waals surface area contributed by atoms with E-state index in [9.17, 15) is 13.9 Å². The summed E-state index contributed by atoms with van der Waals surface area (Å²) in [7, 11) is 0. The minimum atomic E-state index is -1.56. The van der Waals surface area contributed by atoms with Crippen LogP contribution in [-0.2, 0) is 10.3 Å². The first kappa shape index (κ1) is 14.4. The summed E-state index contributed by atoms with van der Waals surface area (Å²) in [6, 6.07) is 5.83. The molecule has 4 atom stereocenters. The van der Waals surface area contributed by atoms with Gasteiger partial charge in [0.2, 0.25) is 0 Å². The smallest absolute Gasteiger partial charge is 0.128 e. The molecule has 1 saturated heterocycles. The molecule has 106 valence electrons. The summed E-state index contributed by atoms with van der Waals surface area (Å²) in [6.45, 7) is 1.00. The zero-order chi connectivity index (χ0) is 14.0. The maximum absolute atomic E-state index is 13.9. The summed E-state index contributed by atoms with van der Waals surface area (Å²) in [4.78, 5) is 0. The highest BCUT2D eigenvalue weighted by atomic mass is 19.1. The Morgan fingerprint density at radius 1 is 1.47 bits per heavy atom. The van der Waals surface area contributed by atoms with Crippen molar-refractivity contribution in [3.05, 3.63) is 35.6 Å². The molecule has 3 N–H and O–H groups in total. The fourth-order valence-corrected chi connectivity index (χ4v) is 2.65. The van der Waals surface area contributed by atoms with Crippen LogP contribution in [-0.4, -0.2) is 30.6 Å². The van der Waals surface area contributed by atoms with E-state index in [4.69, 9.17) is 10.5 Å². The van der Waals surface area contributed by atoms with Crippen LogP contribution in [0.1, 0.15) is 18.9 Å². The van der Waals surface area contributed by atoms with Crippen molar-refractivity contribution >= 4 is 0 Å². The van der Waals surface area contributed by atoms with Gasteiger partial charge in [-0.05, 0) is 19.4 Å². The van der Waals surface area contributed by atoms with Gasteiger partial charge in [0.25, 0.3) is 0 Å². The van der Waals surface area contributed by atoms with Crippen LogP contribution in [0.25, 0.3) is 0 Å². The third-order valence-electron chi connectivity index (χ3n) is 3.86. The highest BCUT2D eigenvalue weighted by Crippen LogP contribution is 2.36. The Labute approximate surface area is 111 Å². The van der Waals surface area contributed by atoms with E-state index in [1.54, 1.807) is 6.07 Å². The molecule has 1 aliphatic heterocycles. The normalized spacial score (nSPS) is 30.9. The Kier molecular flexibility index (Phi) is 4.18. The highest BCUT2D eigenvalue weighted by molar-refractivity contribution is 5.28. The first-order valence-electron chi connectivity index (χ1n) is 6.38. The van der Waals surface area contributed by atoms with Gasteiger partial charge in [-0.15, -0.1) is 0 Å². The Bertz CT molecular complexity index is 443. The summed E-state index contributed by atoms with van der Waals surface area (Å²) in [6.07, 6.45) is -0.530. The van der Waals surface area contributed by atoms with Gasteiger partial charge >= 0.3 is 0 Å². The van der Waals surface area contributed by atoms with Gasteiger partial charge in [0, 0.05) is 11.5 Å². The Morgan fingerprint density at radius 2 is 2.16 bits per heavy atom. The largest absolute Gasteiger partial charge is 0.393 e. The topological polar surface area (TPSA) is 55.5 Å². The molecule has 1 aliphatic rings. The summed E-state index contributed by atoms with van der Waals surface area (Å²) < 4.78 is 32.8. The second kappa shape index (κ2) is 5.53. The van der Waals surface area contributed by atoms with Crippen LogP contribution in [0.2, 0.25) is 0 Å². The van der Waals surface area contributed by atoms with E-state index >= 15 is 0 Å². The van der Waals surface area contributed by atoms with E-state index in [1.165, 1.54) is 18.2 Å². The molecular weight excluding hydrogens is 252 g/mol. The minimum Gasteiger partial charge on any atom is -0.393 e. The fourth-order valence-electron chi connectivity index (χ4n) is 2.65. The van der Waals surface area contributed by atoms with Crippen molar-refractivity contribution in [1.29, 1.82) is 0 Å². The second-order valence-electron chi connectivity index (χ2n) is 5.21. The predicted molar refractivity (Wildman–Crippen MR) is 67.8 cm³/mol. The van der Waals surface area contributed by atoms with Crippen molar-refractivity contribution in [2.45, 2.75) is 31.1 Å². The van der Waals surface area contributed by atoms with Crippen molar-refractivity contribution in [2.75, 3.05) is 13.3 Å². The average Bonchev–Trinajstić information content (AvgIpc) is 2.38. The lowest BCUT2D eigenvalue weighted by molar-refractivity contribution is -0.104. The Balaban J connectivity index is 2.35. The molecule has 0 aromatic heterocycles. The molecule has 1 heterocycles. The summed E-state index contributed by atoms with van der Waals surface area (Å²) in [5, 5.41) is 10.1. The van der Waals surface area contributed by atoms with Crippen LogP contribution in [0.3, 0.4) is 0 Å².